The molecule has 1 aliphatic rings. The van der Waals surface area contributed by atoms with E-state index in [0.29, 0.717) is 5.15 Å². The van der Waals surface area contributed by atoms with Crippen LogP contribution in [0.4, 0.5) is 5.82 Å². The number of hydrogen-bond acceptors (Lipinski definition) is 3. The first kappa shape index (κ1) is 13.2. The topological polar surface area (TPSA) is 36.4 Å². The van der Waals surface area contributed by atoms with Crippen LogP contribution in [0.2, 0.25) is 5.15 Å². The standard InChI is InChI=1S/C14H14BrClN2O/c15-10-1-2-12-9(7-10)8-13(16)17-14(12)18-5-3-11(19)4-6-18/h1-2,7-8,11,19H,3-6H2. The molecule has 0 spiro atoms. The highest BCUT2D eigenvalue weighted by Gasteiger charge is 2.20. The van der Waals surface area contributed by atoms with E-state index in [2.05, 4.69) is 31.9 Å². The van der Waals surface area contributed by atoms with Crippen molar-refractivity contribution in [3.8, 4) is 0 Å². The quantitative estimate of drug-likeness (QED) is 0.805. The molecular weight excluding hydrogens is 328 g/mol. The number of pyridine rings is 1. The summed E-state index contributed by atoms with van der Waals surface area (Å²) in [6, 6.07) is 8.00. The van der Waals surface area contributed by atoms with Crippen molar-refractivity contribution in [1.82, 2.24) is 4.98 Å². The third-order valence-corrected chi connectivity index (χ3v) is 4.19. The Kier molecular flexibility index (Phi) is 3.65. The number of aliphatic hydroxyl groups is 1. The molecule has 1 saturated heterocycles. The zero-order valence-corrected chi connectivity index (χ0v) is 12.7. The molecule has 1 fully saturated rings. The van der Waals surface area contributed by atoms with Gasteiger partial charge in [-0.1, -0.05) is 27.5 Å². The van der Waals surface area contributed by atoms with Gasteiger partial charge in [-0.15, -0.1) is 0 Å². The number of fused-ring (bicyclic) bond motifs is 1. The van der Waals surface area contributed by atoms with E-state index < -0.39 is 0 Å². The molecule has 3 rings (SSSR count). The number of hydrogen-bond donors (Lipinski definition) is 1. The van der Waals surface area contributed by atoms with Crippen LogP contribution in [0, 0.1) is 0 Å². The van der Waals surface area contributed by atoms with Gasteiger partial charge < -0.3 is 10.0 Å². The normalized spacial score (nSPS) is 17.1. The first-order valence-electron chi connectivity index (χ1n) is 6.32. The third-order valence-electron chi connectivity index (χ3n) is 3.51. The van der Waals surface area contributed by atoms with E-state index in [1.165, 1.54) is 0 Å². The summed E-state index contributed by atoms with van der Waals surface area (Å²) < 4.78 is 1.03. The van der Waals surface area contributed by atoms with Gasteiger partial charge in [-0.2, -0.15) is 0 Å². The molecule has 1 aromatic carbocycles. The average Bonchev–Trinajstić information content (AvgIpc) is 2.38. The number of rotatable bonds is 1. The summed E-state index contributed by atoms with van der Waals surface area (Å²) in [6.45, 7) is 1.64. The van der Waals surface area contributed by atoms with Crippen molar-refractivity contribution in [2.45, 2.75) is 18.9 Å². The Morgan fingerprint density at radius 1 is 1.26 bits per heavy atom. The summed E-state index contributed by atoms with van der Waals surface area (Å²) >= 11 is 9.60. The van der Waals surface area contributed by atoms with E-state index in [4.69, 9.17) is 11.6 Å². The number of nitrogens with zero attached hydrogens (tertiary/aromatic N) is 2. The zero-order chi connectivity index (χ0) is 13.4. The van der Waals surface area contributed by atoms with Gasteiger partial charge >= 0.3 is 0 Å². The molecule has 0 unspecified atom stereocenters. The van der Waals surface area contributed by atoms with Crippen molar-refractivity contribution in [2.75, 3.05) is 18.0 Å². The molecule has 0 bridgehead atoms. The Labute approximate surface area is 125 Å². The monoisotopic (exact) mass is 340 g/mol. The number of benzene rings is 1. The maximum atomic E-state index is 9.60. The fourth-order valence-electron chi connectivity index (χ4n) is 2.50. The highest BCUT2D eigenvalue weighted by atomic mass is 79.9. The van der Waals surface area contributed by atoms with Crippen LogP contribution in [0.1, 0.15) is 12.8 Å². The molecule has 1 aliphatic heterocycles. The summed E-state index contributed by atoms with van der Waals surface area (Å²) in [7, 11) is 0. The lowest BCUT2D eigenvalue weighted by atomic mass is 10.1. The summed E-state index contributed by atoms with van der Waals surface area (Å²) in [5, 5.41) is 12.3. The van der Waals surface area contributed by atoms with Gasteiger partial charge in [-0.05, 0) is 42.5 Å². The van der Waals surface area contributed by atoms with Crippen LogP contribution in [-0.2, 0) is 0 Å². The third kappa shape index (κ3) is 2.71. The van der Waals surface area contributed by atoms with Crippen molar-refractivity contribution in [3.05, 3.63) is 33.9 Å². The molecule has 0 aliphatic carbocycles. The van der Waals surface area contributed by atoms with Gasteiger partial charge in [0.25, 0.3) is 0 Å². The highest BCUT2D eigenvalue weighted by molar-refractivity contribution is 9.10. The van der Waals surface area contributed by atoms with E-state index in [9.17, 15) is 5.11 Å². The average molecular weight is 342 g/mol. The van der Waals surface area contributed by atoms with E-state index in [1.54, 1.807) is 0 Å². The maximum Gasteiger partial charge on any atom is 0.138 e. The molecule has 0 radical (unpaired) electrons. The van der Waals surface area contributed by atoms with Crippen molar-refractivity contribution < 1.29 is 5.11 Å². The minimum atomic E-state index is -0.184. The maximum absolute atomic E-state index is 9.60. The molecule has 1 N–H and O–H groups in total. The molecule has 5 heteroatoms. The lowest BCUT2D eigenvalue weighted by Gasteiger charge is -2.31. The number of piperidine rings is 1. The second kappa shape index (κ2) is 5.27. The molecule has 19 heavy (non-hydrogen) atoms. The van der Waals surface area contributed by atoms with Gasteiger partial charge in [0.1, 0.15) is 11.0 Å². The van der Waals surface area contributed by atoms with Gasteiger partial charge in [0.2, 0.25) is 0 Å². The number of halogens is 2. The zero-order valence-electron chi connectivity index (χ0n) is 10.3. The fourth-order valence-corrected chi connectivity index (χ4v) is 3.07. The van der Waals surface area contributed by atoms with Crippen molar-refractivity contribution in [1.29, 1.82) is 0 Å². The SMILES string of the molecule is OC1CCN(c2nc(Cl)cc3cc(Br)ccc23)CC1. The summed E-state index contributed by atoms with van der Waals surface area (Å²) in [4.78, 5) is 6.68. The highest BCUT2D eigenvalue weighted by Crippen LogP contribution is 2.31. The summed E-state index contributed by atoms with van der Waals surface area (Å²) in [5.74, 6) is 0.918. The minimum Gasteiger partial charge on any atom is -0.393 e. The lowest BCUT2D eigenvalue weighted by molar-refractivity contribution is 0.145. The smallest absolute Gasteiger partial charge is 0.138 e. The molecule has 0 saturated carbocycles. The largest absolute Gasteiger partial charge is 0.393 e. The van der Waals surface area contributed by atoms with Crippen LogP contribution >= 0.6 is 27.5 Å². The van der Waals surface area contributed by atoms with Crippen LogP contribution in [0.15, 0.2) is 28.7 Å². The second-order valence-electron chi connectivity index (χ2n) is 4.85. The molecule has 1 aromatic heterocycles. The van der Waals surface area contributed by atoms with E-state index in [1.807, 2.05) is 18.2 Å². The van der Waals surface area contributed by atoms with Crippen LogP contribution in [-0.4, -0.2) is 29.3 Å². The Morgan fingerprint density at radius 2 is 2.00 bits per heavy atom. The molecule has 2 aromatic rings. The predicted octanol–water partition coefficient (Wildman–Crippen LogP) is 3.61. The van der Waals surface area contributed by atoms with E-state index >= 15 is 0 Å². The molecule has 2 heterocycles. The van der Waals surface area contributed by atoms with Crippen molar-refractivity contribution >= 4 is 44.1 Å². The van der Waals surface area contributed by atoms with Crippen LogP contribution in [0.25, 0.3) is 10.8 Å². The predicted molar refractivity (Wildman–Crippen MR) is 81.9 cm³/mol. The van der Waals surface area contributed by atoms with E-state index in [0.717, 1.165) is 47.0 Å². The summed E-state index contributed by atoms with van der Waals surface area (Å²) in [5.41, 5.74) is 0. The van der Waals surface area contributed by atoms with Gasteiger partial charge in [0.05, 0.1) is 6.10 Å². The fraction of sp³-hybridized carbons (Fsp3) is 0.357. The second-order valence-corrected chi connectivity index (χ2v) is 6.16. The van der Waals surface area contributed by atoms with Gasteiger partial charge in [-0.3, -0.25) is 0 Å². The molecule has 0 atom stereocenters. The van der Waals surface area contributed by atoms with Crippen LogP contribution < -0.4 is 4.90 Å². The Hall–Kier alpha value is -0.840. The number of anilines is 1. The van der Waals surface area contributed by atoms with Gasteiger partial charge in [-0.25, -0.2) is 4.98 Å². The van der Waals surface area contributed by atoms with Gasteiger partial charge in [0, 0.05) is 22.9 Å². The Bertz CT molecular complexity index is 606. The summed E-state index contributed by atoms with van der Waals surface area (Å²) in [6.07, 6.45) is 1.38. The van der Waals surface area contributed by atoms with E-state index in [-0.39, 0.29) is 6.10 Å². The first-order chi connectivity index (χ1) is 9.13. The Morgan fingerprint density at radius 3 is 2.74 bits per heavy atom. The molecule has 3 nitrogen and oxygen atoms in total. The Balaban J connectivity index is 2.07. The van der Waals surface area contributed by atoms with Crippen molar-refractivity contribution in [3.63, 3.8) is 0 Å². The first-order valence-corrected chi connectivity index (χ1v) is 7.49. The minimum absolute atomic E-state index is 0.184. The molecular formula is C14H14BrClN2O. The number of aromatic nitrogens is 1. The van der Waals surface area contributed by atoms with Crippen molar-refractivity contribution in [2.24, 2.45) is 0 Å². The van der Waals surface area contributed by atoms with Gasteiger partial charge in [0.15, 0.2) is 0 Å². The van der Waals surface area contributed by atoms with Crippen LogP contribution in [0.5, 0.6) is 0 Å². The lowest BCUT2D eigenvalue weighted by Crippen LogP contribution is -2.36. The molecule has 0 amide bonds. The molecule has 100 valence electrons. The van der Waals surface area contributed by atoms with Crippen LogP contribution in [0.3, 0.4) is 0 Å². The number of aliphatic hydroxyl groups excluding tert-OH is 1.